The molecule has 0 saturated heterocycles. The first kappa shape index (κ1) is 14.0. The number of hydrogen-bond donors (Lipinski definition) is 1. The molecule has 0 heterocycles. The van der Waals surface area contributed by atoms with Gasteiger partial charge in [-0.2, -0.15) is 0 Å². The lowest BCUT2D eigenvalue weighted by Crippen LogP contribution is -2.42. The van der Waals surface area contributed by atoms with Crippen LogP contribution >= 0.6 is 0 Å². The molecular weight excluding hydrogens is 198 g/mol. The highest BCUT2D eigenvalue weighted by molar-refractivity contribution is 4.84. The molecule has 1 fully saturated rings. The zero-order chi connectivity index (χ0) is 12.2. The van der Waals surface area contributed by atoms with E-state index in [2.05, 4.69) is 32.6 Å². The highest BCUT2D eigenvalue weighted by Gasteiger charge is 2.29. The maximum Gasteiger partial charge on any atom is 0.0660 e. The maximum absolute atomic E-state index is 10.5. The van der Waals surface area contributed by atoms with Gasteiger partial charge in [-0.15, -0.1) is 0 Å². The molecule has 2 nitrogen and oxygen atoms in total. The molecule has 96 valence electrons. The molecule has 0 aromatic carbocycles. The van der Waals surface area contributed by atoms with Gasteiger partial charge in [-0.25, -0.2) is 0 Å². The van der Waals surface area contributed by atoms with Gasteiger partial charge in [-0.3, -0.25) is 4.90 Å². The Morgan fingerprint density at radius 3 is 1.94 bits per heavy atom. The quantitative estimate of drug-likeness (QED) is 0.779. The molecule has 0 radical (unpaired) electrons. The van der Waals surface area contributed by atoms with Gasteiger partial charge in [-0.1, -0.05) is 19.3 Å². The Kier molecular flexibility index (Phi) is 5.26. The average molecular weight is 227 g/mol. The normalized spacial score (nSPS) is 21.0. The SMILES string of the molecule is CC(C)N(CCC1(O)CCCCC1)C(C)C. The average Bonchev–Trinajstić information content (AvgIpc) is 2.17. The van der Waals surface area contributed by atoms with Gasteiger partial charge in [0.15, 0.2) is 0 Å². The van der Waals surface area contributed by atoms with Gasteiger partial charge in [0, 0.05) is 18.6 Å². The van der Waals surface area contributed by atoms with E-state index >= 15 is 0 Å². The number of nitrogens with zero attached hydrogens (tertiary/aromatic N) is 1. The summed E-state index contributed by atoms with van der Waals surface area (Å²) in [6.07, 6.45) is 6.69. The van der Waals surface area contributed by atoms with Gasteiger partial charge in [-0.05, 0) is 47.0 Å². The summed E-state index contributed by atoms with van der Waals surface area (Å²) in [6.45, 7) is 10.00. The van der Waals surface area contributed by atoms with E-state index in [1.54, 1.807) is 0 Å². The first-order chi connectivity index (χ1) is 7.44. The summed E-state index contributed by atoms with van der Waals surface area (Å²) >= 11 is 0. The van der Waals surface area contributed by atoms with Crippen LogP contribution in [-0.4, -0.2) is 34.2 Å². The van der Waals surface area contributed by atoms with E-state index in [1.165, 1.54) is 19.3 Å². The summed E-state index contributed by atoms with van der Waals surface area (Å²) in [4.78, 5) is 2.48. The van der Waals surface area contributed by atoms with Gasteiger partial charge in [0.1, 0.15) is 0 Å². The van der Waals surface area contributed by atoms with Crippen molar-refractivity contribution in [3.8, 4) is 0 Å². The maximum atomic E-state index is 10.5. The molecule has 1 aliphatic rings. The van der Waals surface area contributed by atoms with Crippen LogP contribution in [0.2, 0.25) is 0 Å². The summed E-state index contributed by atoms with van der Waals surface area (Å²) < 4.78 is 0. The fourth-order valence-electron chi connectivity index (χ4n) is 2.91. The number of hydrogen-bond acceptors (Lipinski definition) is 2. The Morgan fingerprint density at radius 1 is 1.00 bits per heavy atom. The van der Waals surface area contributed by atoms with Gasteiger partial charge in [0.25, 0.3) is 0 Å². The summed E-state index contributed by atoms with van der Waals surface area (Å²) in [5, 5.41) is 10.5. The predicted octanol–water partition coefficient (Wildman–Crippen LogP) is 3.19. The van der Waals surface area contributed by atoms with Crippen LogP contribution in [0.4, 0.5) is 0 Å². The molecule has 0 amide bonds. The molecule has 0 atom stereocenters. The third-order valence-corrected chi connectivity index (χ3v) is 3.95. The van der Waals surface area contributed by atoms with Gasteiger partial charge >= 0.3 is 0 Å². The summed E-state index contributed by atoms with van der Waals surface area (Å²) in [5.74, 6) is 0. The van der Waals surface area contributed by atoms with Crippen LogP contribution in [-0.2, 0) is 0 Å². The standard InChI is InChI=1S/C14H29NO/c1-12(2)15(13(3)4)11-10-14(16)8-6-5-7-9-14/h12-13,16H,5-11H2,1-4H3. The smallest absolute Gasteiger partial charge is 0.0660 e. The van der Waals surface area contributed by atoms with Gasteiger partial charge in [0.2, 0.25) is 0 Å². The fraction of sp³-hybridized carbons (Fsp3) is 1.00. The van der Waals surface area contributed by atoms with Crippen molar-refractivity contribution in [1.29, 1.82) is 0 Å². The zero-order valence-corrected chi connectivity index (χ0v) is 11.5. The third-order valence-electron chi connectivity index (χ3n) is 3.95. The molecule has 0 bridgehead atoms. The Bertz CT molecular complexity index is 187. The Hall–Kier alpha value is -0.0800. The Morgan fingerprint density at radius 2 is 1.50 bits per heavy atom. The Balaban J connectivity index is 2.41. The van der Waals surface area contributed by atoms with Crippen LogP contribution in [0.1, 0.15) is 66.2 Å². The highest BCUT2D eigenvalue weighted by atomic mass is 16.3. The Labute approximate surface area is 101 Å². The minimum absolute atomic E-state index is 0.361. The van der Waals surface area contributed by atoms with Crippen molar-refractivity contribution in [2.75, 3.05) is 6.54 Å². The molecule has 0 unspecified atom stereocenters. The van der Waals surface area contributed by atoms with Crippen molar-refractivity contribution in [3.05, 3.63) is 0 Å². The van der Waals surface area contributed by atoms with E-state index in [0.29, 0.717) is 12.1 Å². The molecule has 0 aliphatic heterocycles. The number of aliphatic hydroxyl groups is 1. The lowest BCUT2D eigenvalue weighted by molar-refractivity contribution is -0.0164. The second kappa shape index (κ2) is 6.02. The third kappa shape index (κ3) is 4.06. The van der Waals surface area contributed by atoms with Crippen LogP contribution in [0.5, 0.6) is 0 Å². The molecule has 1 N–H and O–H groups in total. The van der Waals surface area contributed by atoms with E-state index in [9.17, 15) is 5.11 Å². The molecule has 1 rings (SSSR count). The van der Waals surface area contributed by atoms with Crippen LogP contribution in [0.15, 0.2) is 0 Å². The lowest BCUT2D eigenvalue weighted by Gasteiger charge is -2.37. The second-order valence-electron chi connectivity index (χ2n) is 5.96. The largest absolute Gasteiger partial charge is 0.390 e. The van der Waals surface area contributed by atoms with E-state index in [4.69, 9.17) is 0 Å². The van der Waals surface area contributed by atoms with Crippen LogP contribution in [0, 0.1) is 0 Å². The molecule has 0 aromatic rings. The van der Waals surface area contributed by atoms with E-state index in [-0.39, 0.29) is 5.60 Å². The molecule has 1 saturated carbocycles. The summed E-state index contributed by atoms with van der Waals surface area (Å²) in [6, 6.07) is 1.15. The van der Waals surface area contributed by atoms with Crippen molar-refractivity contribution in [3.63, 3.8) is 0 Å². The molecule has 2 heteroatoms. The van der Waals surface area contributed by atoms with Crippen molar-refractivity contribution >= 4 is 0 Å². The molecular formula is C14H29NO. The molecule has 1 aliphatic carbocycles. The molecule has 16 heavy (non-hydrogen) atoms. The minimum Gasteiger partial charge on any atom is -0.390 e. The topological polar surface area (TPSA) is 23.5 Å². The van der Waals surface area contributed by atoms with Gasteiger partial charge < -0.3 is 5.11 Å². The lowest BCUT2D eigenvalue weighted by atomic mass is 9.82. The first-order valence-electron chi connectivity index (χ1n) is 6.93. The van der Waals surface area contributed by atoms with Gasteiger partial charge in [0.05, 0.1) is 5.60 Å². The minimum atomic E-state index is -0.361. The summed E-state index contributed by atoms with van der Waals surface area (Å²) in [7, 11) is 0. The summed E-state index contributed by atoms with van der Waals surface area (Å²) in [5.41, 5.74) is -0.361. The predicted molar refractivity (Wildman–Crippen MR) is 69.6 cm³/mol. The first-order valence-corrected chi connectivity index (χ1v) is 6.93. The number of rotatable bonds is 5. The van der Waals surface area contributed by atoms with Crippen LogP contribution < -0.4 is 0 Å². The molecule has 0 spiro atoms. The van der Waals surface area contributed by atoms with Crippen LogP contribution in [0.25, 0.3) is 0 Å². The highest BCUT2D eigenvalue weighted by Crippen LogP contribution is 2.31. The van der Waals surface area contributed by atoms with Crippen molar-refractivity contribution in [1.82, 2.24) is 4.90 Å². The van der Waals surface area contributed by atoms with E-state index < -0.39 is 0 Å². The van der Waals surface area contributed by atoms with Crippen LogP contribution in [0.3, 0.4) is 0 Å². The second-order valence-corrected chi connectivity index (χ2v) is 5.96. The van der Waals surface area contributed by atoms with E-state index in [0.717, 1.165) is 25.8 Å². The fourth-order valence-corrected chi connectivity index (χ4v) is 2.91. The van der Waals surface area contributed by atoms with E-state index in [1.807, 2.05) is 0 Å². The molecule has 0 aromatic heterocycles. The van der Waals surface area contributed by atoms with Crippen molar-refractivity contribution in [2.24, 2.45) is 0 Å². The zero-order valence-electron chi connectivity index (χ0n) is 11.5. The monoisotopic (exact) mass is 227 g/mol. The van der Waals surface area contributed by atoms with Crippen molar-refractivity contribution < 1.29 is 5.11 Å². The van der Waals surface area contributed by atoms with Crippen molar-refractivity contribution in [2.45, 2.75) is 83.9 Å².